The Morgan fingerprint density at radius 1 is 0.839 bits per heavy atom. The van der Waals surface area contributed by atoms with Crippen molar-refractivity contribution >= 4 is 21.6 Å². The molecule has 2 aromatic rings. The van der Waals surface area contributed by atoms with Gasteiger partial charge in [0.25, 0.3) is 0 Å². The molecule has 6 rings (SSSR count). The molecule has 0 saturated carbocycles. The summed E-state index contributed by atoms with van der Waals surface area (Å²) in [5.74, 6) is 0. The van der Waals surface area contributed by atoms with Crippen molar-refractivity contribution in [1.82, 2.24) is 10.2 Å². The molecule has 3 nitrogen and oxygen atoms in total. The highest BCUT2D eigenvalue weighted by Gasteiger charge is 2.52. The standard InChI is InChI=1S/C27H26BrN3/c28-22-17-10-18-23-24(22)25-27(30(23)20-13-6-2-7-14-20)29-26(19-11-4-1-5-12-19)31(25)21-15-8-3-9-16-21/h1-6,8,10-13,15,17-18,25-27,29H,7,9,14,16H2. The maximum atomic E-state index is 4.04. The first kappa shape index (κ1) is 19.1. The molecule has 0 bridgehead atoms. The number of rotatable bonds is 3. The number of nitrogens with zero attached hydrogens (tertiary/aromatic N) is 2. The molecular formula is C27H26BrN3. The molecule has 2 aliphatic carbocycles. The van der Waals surface area contributed by atoms with Crippen LogP contribution < -0.4 is 10.2 Å². The lowest BCUT2D eigenvalue weighted by atomic mass is 10.0. The molecule has 2 heterocycles. The highest BCUT2D eigenvalue weighted by molar-refractivity contribution is 9.10. The second kappa shape index (κ2) is 7.85. The van der Waals surface area contributed by atoms with Crippen LogP contribution in [0.4, 0.5) is 5.69 Å². The average Bonchev–Trinajstić information content (AvgIpc) is 3.36. The third-order valence-electron chi connectivity index (χ3n) is 6.81. The number of anilines is 1. The number of fused-ring (bicyclic) bond motifs is 3. The molecule has 1 saturated heterocycles. The van der Waals surface area contributed by atoms with Crippen molar-refractivity contribution in [3.05, 3.63) is 112 Å². The zero-order valence-corrected chi connectivity index (χ0v) is 19.0. The van der Waals surface area contributed by atoms with Crippen LogP contribution in [0.15, 0.2) is 101 Å². The average molecular weight is 472 g/mol. The van der Waals surface area contributed by atoms with Gasteiger partial charge in [-0.25, -0.2) is 0 Å². The predicted octanol–water partition coefficient (Wildman–Crippen LogP) is 6.71. The van der Waals surface area contributed by atoms with E-state index in [-0.39, 0.29) is 18.4 Å². The van der Waals surface area contributed by atoms with Crippen molar-refractivity contribution in [2.75, 3.05) is 4.90 Å². The topological polar surface area (TPSA) is 18.5 Å². The van der Waals surface area contributed by atoms with Crippen LogP contribution >= 0.6 is 15.9 Å². The molecule has 1 fully saturated rings. The van der Waals surface area contributed by atoms with Crippen LogP contribution in [0.2, 0.25) is 0 Å². The highest BCUT2D eigenvalue weighted by atomic mass is 79.9. The first-order valence-electron chi connectivity index (χ1n) is 11.2. The van der Waals surface area contributed by atoms with Crippen LogP contribution in [0, 0.1) is 0 Å². The van der Waals surface area contributed by atoms with E-state index in [1.54, 1.807) is 0 Å². The number of hydrogen-bond donors (Lipinski definition) is 1. The number of allylic oxidation sites excluding steroid dienone is 8. The van der Waals surface area contributed by atoms with Gasteiger partial charge < -0.3 is 9.80 Å². The molecule has 4 heteroatoms. The van der Waals surface area contributed by atoms with Crippen molar-refractivity contribution in [3.8, 4) is 0 Å². The Labute approximate surface area is 192 Å². The van der Waals surface area contributed by atoms with Gasteiger partial charge in [-0.3, -0.25) is 5.32 Å². The van der Waals surface area contributed by atoms with Crippen molar-refractivity contribution in [2.45, 2.75) is 44.1 Å². The van der Waals surface area contributed by atoms with Gasteiger partial charge in [0.05, 0.1) is 6.04 Å². The zero-order valence-electron chi connectivity index (χ0n) is 17.4. The molecule has 2 aliphatic heterocycles. The zero-order chi connectivity index (χ0) is 20.8. The van der Waals surface area contributed by atoms with Gasteiger partial charge >= 0.3 is 0 Å². The lowest BCUT2D eigenvalue weighted by molar-refractivity contribution is 0.239. The molecule has 0 radical (unpaired) electrons. The van der Waals surface area contributed by atoms with E-state index >= 15 is 0 Å². The van der Waals surface area contributed by atoms with Crippen LogP contribution in [0.25, 0.3) is 0 Å². The Hall–Kier alpha value is -2.56. The Bertz CT molecular complexity index is 1110. The Kier molecular flexibility index (Phi) is 4.85. The lowest BCUT2D eigenvalue weighted by Crippen LogP contribution is -2.41. The fourth-order valence-electron chi connectivity index (χ4n) is 5.50. The summed E-state index contributed by atoms with van der Waals surface area (Å²) in [6, 6.07) is 17.8. The summed E-state index contributed by atoms with van der Waals surface area (Å²) < 4.78 is 1.20. The smallest absolute Gasteiger partial charge is 0.111 e. The predicted molar refractivity (Wildman–Crippen MR) is 130 cm³/mol. The summed E-state index contributed by atoms with van der Waals surface area (Å²) in [6.07, 6.45) is 18.3. The van der Waals surface area contributed by atoms with Crippen molar-refractivity contribution in [3.63, 3.8) is 0 Å². The van der Waals surface area contributed by atoms with Gasteiger partial charge in [0.1, 0.15) is 12.3 Å². The summed E-state index contributed by atoms with van der Waals surface area (Å²) >= 11 is 3.92. The third-order valence-corrected chi connectivity index (χ3v) is 7.50. The van der Waals surface area contributed by atoms with E-state index in [1.807, 2.05) is 0 Å². The van der Waals surface area contributed by atoms with Gasteiger partial charge in [0.15, 0.2) is 0 Å². The second-order valence-corrected chi connectivity index (χ2v) is 9.42. The number of benzene rings is 2. The quantitative estimate of drug-likeness (QED) is 0.536. The normalized spacial score (nSPS) is 26.5. The lowest BCUT2D eigenvalue weighted by Gasteiger charge is -2.34. The first-order valence-corrected chi connectivity index (χ1v) is 12.0. The Balaban J connectivity index is 1.53. The van der Waals surface area contributed by atoms with Crippen molar-refractivity contribution in [1.29, 1.82) is 0 Å². The fourth-order valence-corrected chi connectivity index (χ4v) is 6.09. The number of nitrogens with one attached hydrogen (secondary N) is 1. The van der Waals surface area contributed by atoms with E-state index < -0.39 is 0 Å². The van der Waals surface area contributed by atoms with E-state index in [1.165, 1.54) is 32.7 Å². The second-order valence-electron chi connectivity index (χ2n) is 8.57. The van der Waals surface area contributed by atoms with E-state index in [4.69, 9.17) is 0 Å². The molecule has 0 spiro atoms. The number of halogens is 1. The minimum Gasteiger partial charge on any atom is -0.345 e. The first-order chi connectivity index (χ1) is 15.3. The summed E-state index contributed by atoms with van der Waals surface area (Å²) in [6.45, 7) is 0. The summed E-state index contributed by atoms with van der Waals surface area (Å²) in [4.78, 5) is 5.20. The monoisotopic (exact) mass is 471 g/mol. The molecule has 0 amide bonds. The molecule has 4 aliphatic rings. The SMILES string of the molecule is Brc1cccc2c1C1C(NC(c3ccccc3)N1C1=CC=CCC1)N2C1=CC=CCC1. The van der Waals surface area contributed by atoms with E-state index in [9.17, 15) is 0 Å². The molecule has 1 N–H and O–H groups in total. The van der Waals surface area contributed by atoms with Gasteiger partial charge in [0.2, 0.25) is 0 Å². The van der Waals surface area contributed by atoms with Gasteiger partial charge in [-0.05, 0) is 55.5 Å². The Morgan fingerprint density at radius 2 is 1.58 bits per heavy atom. The largest absolute Gasteiger partial charge is 0.345 e. The van der Waals surface area contributed by atoms with Crippen LogP contribution in [-0.4, -0.2) is 11.1 Å². The van der Waals surface area contributed by atoms with Gasteiger partial charge in [-0.2, -0.15) is 0 Å². The summed E-state index contributed by atoms with van der Waals surface area (Å²) in [7, 11) is 0. The van der Waals surface area contributed by atoms with E-state index in [0.717, 1.165) is 25.7 Å². The van der Waals surface area contributed by atoms with Crippen LogP contribution in [-0.2, 0) is 0 Å². The maximum absolute atomic E-state index is 4.04. The molecule has 3 atom stereocenters. The molecule has 2 aromatic carbocycles. The van der Waals surface area contributed by atoms with Crippen molar-refractivity contribution in [2.24, 2.45) is 0 Å². The van der Waals surface area contributed by atoms with Gasteiger partial charge in [-0.1, -0.05) is 76.6 Å². The molecule has 0 aromatic heterocycles. The van der Waals surface area contributed by atoms with Crippen LogP contribution in [0.5, 0.6) is 0 Å². The van der Waals surface area contributed by atoms with Gasteiger partial charge in [-0.15, -0.1) is 0 Å². The minimum absolute atomic E-state index is 0.149. The maximum Gasteiger partial charge on any atom is 0.111 e. The van der Waals surface area contributed by atoms with E-state index in [2.05, 4.69) is 116 Å². The molecule has 3 unspecified atom stereocenters. The molecule has 156 valence electrons. The minimum atomic E-state index is 0.149. The summed E-state index contributed by atoms with van der Waals surface area (Å²) in [5.41, 5.74) is 6.84. The van der Waals surface area contributed by atoms with Crippen LogP contribution in [0.3, 0.4) is 0 Å². The van der Waals surface area contributed by atoms with Crippen molar-refractivity contribution < 1.29 is 0 Å². The number of hydrogen-bond acceptors (Lipinski definition) is 3. The fraction of sp³-hybridized carbons (Fsp3) is 0.259. The van der Waals surface area contributed by atoms with Gasteiger partial charge in [0, 0.05) is 27.1 Å². The third kappa shape index (κ3) is 3.12. The van der Waals surface area contributed by atoms with Crippen LogP contribution in [0.1, 0.15) is 49.0 Å². The summed E-state index contributed by atoms with van der Waals surface area (Å²) in [5, 5.41) is 4.04. The molecule has 31 heavy (non-hydrogen) atoms. The highest BCUT2D eigenvalue weighted by Crippen LogP contribution is 2.55. The Morgan fingerprint density at radius 3 is 2.29 bits per heavy atom. The molecular weight excluding hydrogens is 446 g/mol. The van der Waals surface area contributed by atoms with E-state index in [0.29, 0.717) is 0 Å².